The van der Waals surface area contributed by atoms with Crippen molar-refractivity contribution >= 4 is 0 Å². The van der Waals surface area contributed by atoms with Crippen molar-refractivity contribution < 1.29 is 0 Å². The Morgan fingerprint density at radius 1 is 1.13 bits per heavy atom. The molecule has 0 saturated heterocycles. The molecule has 82 valence electrons. The van der Waals surface area contributed by atoms with Crippen molar-refractivity contribution in [3.63, 3.8) is 0 Å². The van der Waals surface area contributed by atoms with Gasteiger partial charge in [0.1, 0.15) is 0 Å². The topological polar surface area (TPSA) is 0 Å². The fraction of sp³-hybridized carbons (Fsp3) is 0.600. The number of hydrogen-bond donors (Lipinski definition) is 0. The molecule has 0 spiro atoms. The van der Waals surface area contributed by atoms with Crippen molar-refractivity contribution in [3.05, 3.63) is 35.9 Å². The van der Waals surface area contributed by atoms with Gasteiger partial charge in [-0.05, 0) is 36.7 Å². The third-order valence-electron chi connectivity index (χ3n) is 3.73. The van der Waals surface area contributed by atoms with Crippen LogP contribution in [0.1, 0.15) is 44.6 Å². The highest BCUT2D eigenvalue weighted by molar-refractivity contribution is 5.14. The molecule has 1 saturated carbocycles. The summed E-state index contributed by atoms with van der Waals surface area (Å²) >= 11 is 0. The summed E-state index contributed by atoms with van der Waals surface area (Å²) in [6.45, 7) is 2.41. The van der Waals surface area contributed by atoms with Crippen LogP contribution in [0.5, 0.6) is 0 Å². The Hall–Kier alpha value is -0.780. The van der Waals surface area contributed by atoms with E-state index in [-0.39, 0.29) is 0 Å². The van der Waals surface area contributed by atoms with E-state index in [0.717, 1.165) is 11.8 Å². The van der Waals surface area contributed by atoms with Crippen LogP contribution in [0.25, 0.3) is 0 Å². The summed E-state index contributed by atoms with van der Waals surface area (Å²) in [5.74, 6) is 1.97. The van der Waals surface area contributed by atoms with Crippen LogP contribution in [-0.2, 0) is 6.42 Å². The molecule has 0 bridgehead atoms. The first-order valence-corrected chi connectivity index (χ1v) is 6.38. The van der Waals surface area contributed by atoms with Gasteiger partial charge in [-0.3, -0.25) is 0 Å². The van der Waals surface area contributed by atoms with Crippen LogP contribution in [-0.4, -0.2) is 0 Å². The summed E-state index contributed by atoms with van der Waals surface area (Å²) in [5.41, 5.74) is 1.51. The molecule has 0 unspecified atom stereocenters. The van der Waals surface area contributed by atoms with Crippen LogP contribution in [0.2, 0.25) is 0 Å². The van der Waals surface area contributed by atoms with E-state index in [2.05, 4.69) is 37.3 Å². The molecule has 0 aliphatic heterocycles. The summed E-state index contributed by atoms with van der Waals surface area (Å²) in [6, 6.07) is 10.9. The second-order valence-electron chi connectivity index (χ2n) is 5.16. The smallest absolute Gasteiger partial charge is 0.0276 e. The van der Waals surface area contributed by atoms with Crippen molar-refractivity contribution in [3.8, 4) is 0 Å². The summed E-state index contributed by atoms with van der Waals surface area (Å²) < 4.78 is 0. The lowest BCUT2D eigenvalue weighted by Crippen LogP contribution is -2.13. The standard InChI is InChI=1S/C15H22/c1-13-6-5-9-15(12-13)11-10-14-7-3-2-4-8-14/h2-4,7-8,13,15H,5-6,9-12H2,1H3/t13-,15-/m1/s1. The molecule has 0 heterocycles. The van der Waals surface area contributed by atoms with Gasteiger partial charge in [0.2, 0.25) is 0 Å². The molecule has 2 rings (SSSR count). The van der Waals surface area contributed by atoms with E-state index >= 15 is 0 Å². The van der Waals surface area contributed by atoms with Gasteiger partial charge in [-0.25, -0.2) is 0 Å². The second kappa shape index (κ2) is 5.34. The summed E-state index contributed by atoms with van der Waals surface area (Å²) in [6.07, 6.45) is 8.53. The maximum atomic E-state index is 2.41. The molecule has 0 nitrogen and oxygen atoms in total. The molecule has 1 aliphatic carbocycles. The first-order chi connectivity index (χ1) is 7.34. The first-order valence-electron chi connectivity index (χ1n) is 6.38. The van der Waals surface area contributed by atoms with Gasteiger partial charge in [-0.2, -0.15) is 0 Å². The molecular weight excluding hydrogens is 180 g/mol. The average molecular weight is 202 g/mol. The average Bonchev–Trinajstić information content (AvgIpc) is 2.28. The van der Waals surface area contributed by atoms with Crippen molar-refractivity contribution in [2.45, 2.75) is 45.4 Å². The minimum atomic E-state index is 0.972. The third-order valence-corrected chi connectivity index (χ3v) is 3.73. The third kappa shape index (κ3) is 3.37. The van der Waals surface area contributed by atoms with Crippen LogP contribution >= 0.6 is 0 Å². The number of hydrogen-bond acceptors (Lipinski definition) is 0. The molecule has 0 radical (unpaired) electrons. The maximum absolute atomic E-state index is 2.41. The largest absolute Gasteiger partial charge is 0.0625 e. The van der Waals surface area contributed by atoms with E-state index in [1.807, 2.05) is 0 Å². The van der Waals surface area contributed by atoms with E-state index in [1.165, 1.54) is 44.1 Å². The minimum absolute atomic E-state index is 0.972. The Kier molecular flexibility index (Phi) is 3.82. The number of aryl methyl sites for hydroxylation is 1. The van der Waals surface area contributed by atoms with Gasteiger partial charge in [-0.15, -0.1) is 0 Å². The van der Waals surface area contributed by atoms with Crippen molar-refractivity contribution in [1.82, 2.24) is 0 Å². The molecule has 1 aromatic carbocycles. The summed E-state index contributed by atoms with van der Waals surface area (Å²) in [7, 11) is 0. The van der Waals surface area contributed by atoms with E-state index in [1.54, 1.807) is 0 Å². The van der Waals surface area contributed by atoms with E-state index in [9.17, 15) is 0 Å². The predicted molar refractivity (Wildman–Crippen MR) is 65.9 cm³/mol. The molecule has 2 atom stereocenters. The van der Waals surface area contributed by atoms with Crippen LogP contribution in [0.4, 0.5) is 0 Å². The lowest BCUT2D eigenvalue weighted by Gasteiger charge is -2.26. The Morgan fingerprint density at radius 3 is 2.67 bits per heavy atom. The zero-order valence-corrected chi connectivity index (χ0v) is 9.78. The zero-order valence-electron chi connectivity index (χ0n) is 9.78. The summed E-state index contributed by atoms with van der Waals surface area (Å²) in [5, 5.41) is 0. The molecule has 1 aliphatic rings. The molecule has 15 heavy (non-hydrogen) atoms. The molecular formula is C15H22. The van der Waals surface area contributed by atoms with Crippen LogP contribution in [0, 0.1) is 11.8 Å². The lowest BCUT2D eigenvalue weighted by molar-refractivity contribution is 0.270. The van der Waals surface area contributed by atoms with Gasteiger partial charge in [0.25, 0.3) is 0 Å². The second-order valence-corrected chi connectivity index (χ2v) is 5.16. The van der Waals surface area contributed by atoms with Gasteiger partial charge >= 0.3 is 0 Å². The van der Waals surface area contributed by atoms with Crippen molar-refractivity contribution in [2.24, 2.45) is 11.8 Å². The van der Waals surface area contributed by atoms with Gasteiger partial charge in [0.05, 0.1) is 0 Å². The first kappa shape index (κ1) is 10.7. The lowest BCUT2D eigenvalue weighted by atomic mass is 9.80. The predicted octanol–water partition coefficient (Wildman–Crippen LogP) is 4.45. The van der Waals surface area contributed by atoms with E-state index in [0.29, 0.717) is 0 Å². The molecule has 1 aromatic rings. The molecule has 1 fully saturated rings. The van der Waals surface area contributed by atoms with Gasteiger partial charge in [0.15, 0.2) is 0 Å². The Labute approximate surface area is 93.7 Å². The number of rotatable bonds is 3. The quantitative estimate of drug-likeness (QED) is 0.679. The number of benzene rings is 1. The maximum Gasteiger partial charge on any atom is -0.0276 e. The van der Waals surface area contributed by atoms with Gasteiger partial charge < -0.3 is 0 Å². The summed E-state index contributed by atoms with van der Waals surface area (Å²) in [4.78, 5) is 0. The highest BCUT2D eigenvalue weighted by atomic mass is 14.2. The van der Waals surface area contributed by atoms with Crippen molar-refractivity contribution in [2.75, 3.05) is 0 Å². The molecule has 0 heteroatoms. The molecule has 0 N–H and O–H groups in total. The normalized spacial score (nSPS) is 26.5. The fourth-order valence-electron chi connectivity index (χ4n) is 2.84. The highest BCUT2D eigenvalue weighted by Gasteiger charge is 2.18. The van der Waals surface area contributed by atoms with Gasteiger partial charge in [0, 0.05) is 0 Å². The Morgan fingerprint density at radius 2 is 1.93 bits per heavy atom. The van der Waals surface area contributed by atoms with Crippen LogP contribution in [0.15, 0.2) is 30.3 Å². The molecule has 0 aromatic heterocycles. The molecule has 0 amide bonds. The Bertz CT molecular complexity index is 275. The van der Waals surface area contributed by atoms with Gasteiger partial charge in [-0.1, -0.05) is 56.5 Å². The fourth-order valence-corrected chi connectivity index (χ4v) is 2.84. The van der Waals surface area contributed by atoms with Crippen LogP contribution < -0.4 is 0 Å². The minimum Gasteiger partial charge on any atom is -0.0625 e. The van der Waals surface area contributed by atoms with E-state index < -0.39 is 0 Å². The zero-order chi connectivity index (χ0) is 10.5. The highest BCUT2D eigenvalue weighted by Crippen LogP contribution is 2.31. The SMILES string of the molecule is C[C@@H]1CCC[C@H](CCc2ccccc2)C1. The Balaban J connectivity index is 1.78. The van der Waals surface area contributed by atoms with Crippen molar-refractivity contribution in [1.29, 1.82) is 0 Å². The van der Waals surface area contributed by atoms with E-state index in [4.69, 9.17) is 0 Å². The van der Waals surface area contributed by atoms with Crippen LogP contribution in [0.3, 0.4) is 0 Å². The monoisotopic (exact) mass is 202 g/mol.